The summed E-state index contributed by atoms with van der Waals surface area (Å²) in [5.74, 6) is -1.34. The third-order valence-electron chi connectivity index (χ3n) is 1.50. The Kier molecular flexibility index (Phi) is 3.03. The molecule has 1 N–H and O–H groups in total. The van der Waals surface area contributed by atoms with E-state index >= 15 is 0 Å². The fourth-order valence-electron chi connectivity index (χ4n) is 0.900. The van der Waals surface area contributed by atoms with Gasteiger partial charge in [0, 0.05) is 10.6 Å². The third-order valence-corrected chi connectivity index (χ3v) is 1.83. The maximum Gasteiger partial charge on any atom is 0.338 e. The Morgan fingerprint density at radius 1 is 1.46 bits per heavy atom. The Hall–Kier alpha value is -1.35. The van der Waals surface area contributed by atoms with E-state index in [0.717, 1.165) is 0 Å². The Morgan fingerprint density at radius 3 is 2.54 bits per heavy atom. The molecule has 1 aromatic rings. The summed E-state index contributed by atoms with van der Waals surface area (Å²) in [4.78, 5) is 10.5. The second kappa shape index (κ2) is 4.05. The molecule has 0 bridgehead atoms. The molecule has 0 fully saturated rings. The number of rotatable bonds is 2. The van der Waals surface area contributed by atoms with E-state index in [1.807, 2.05) is 0 Å². The molecule has 1 rings (SSSR count). The van der Waals surface area contributed by atoms with Crippen molar-refractivity contribution in [3.8, 4) is 0 Å². The average Bonchev–Trinajstić information content (AvgIpc) is 2.09. The van der Waals surface area contributed by atoms with Gasteiger partial charge in [0.15, 0.2) is 0 Å². The largest absolute Gasteiger partial charge is 0.478 e. The highest BCUT2D eigenvalue weighted by atomic mass is 35.5. The van der Waals surface area contributed by atoms with Crippen molar-refractivity contribution in [2.24, 2.45) is 0 Å². The molecule has 0 atom stereocenters. The van der Waals surface area contributed by atoms with E-state index in [1.54, 1.807) is 12.1 Å². The maximum atomic E-state index is 12.2. The number of hydrogen-bond donors (Lipinski definition) is 1. The lowest BCUT2D eigenvalue weighted by Gasteiger charge is -2.01. The second-order valence-corrected chi connectivity index (χ2v) is 2.71. The first-order valence-corrected chi connectivity index (χ1v) is 3.83. The quantitative estimate of drug-likeness (QED) is 0.746. The zero-order chi connectivity index (χ0) is 9.84. The van der Waals surface area contributed by atoms with Crippen molar-refractivity contribution < 1.29 is 14.3 Å². The summed E-state index contributed by atoms with van der Waals surface area (Å²) < 4.78 is 12.2. The molecule has 0 amide bonds. The number of carboxylic acid groups (broad SMARTS) is 1. The molecule has 0 spiro atoms. The van der Waals surface area contributed by atoms with Crippen LogP contribution >= 0.6 is 11.6 Å². The van der Waals surface area contributed by atoms with E-state index in [-0.39, 0.29) is 16.9 Å². The van der Waals surface area contributed by atoms with Crippen molar-refractivity contribution in [2.75, 3.05) is 0 Å². The molecular weight excluding hydrogens is 195 g/mol. The van der Waals surface area contributed by atoms with Crippen LogP contribution in [-0.4, -0.2) is 11.1 Å². The average molecular weight is 201 g/mol. The Bertz CT molecular complexity index is 360. The molecule has 0 saturated heterocycles. The number of carbonyl (C=O) groups is 1. The van der Waals surface area contributed by atoms with Crippen molar-refractivity contribution in [1.29, 1.82) is 0 Å². The van der Waals surface area contributed by atoms with Gasteiger partial charge >= 0.3 is 5.97 Å². The molecule has 68 valence electrons. The van der Waals surface area contributed by atoms with Gasteiger partial charge in [-0.05, 0) is 6.07 Å². The summed E-state index contributed by atoms with van der Waals surface area (Å²) in [6.07, 6.45) is 0.0313. The number of hydrogen-bond acceptors (Lipinski definition) is 1. The molecule has 0 saturated carbocycles. The second-order valence-electron chi connectivity index (χ2n) is 2.31. The smallest absolute Gasteiger partial charge is 0.338 e. The minimum absolute atomic E-state index is 0.0313. The zero-order valence-electron chi connectivity index (χ0n) is 6.50. The van der Waals surface area contributed by atoms with Crippen LogP contribution in [0.3, 0.4) is 0 Å². The topological polar surface area (TPSA) is 37.3 Å². The predicted molar refractivity (Wildman–Crippen MR) is 48.2 cm³/mol. The van der Waals surface area contributed by atoms with E-state index in [9.17, 15) is 9.18 Å². The molecule has 13 heavy (non-hydrogen) atoms. The van der Waals surface area contributed by atoms with E-state index in [1.165, 1.54) is 12.1 Å². The van der Waals surface area contributed by atoms with Crippen molar-refractivity contribution >= 4 is 23.1 Å². The van der Waals surface area contributed by atoms with Gasteiger partial charge in [-0.2, -0.15) is 0 Å². The highest BCUT2D eigenvalue weighted by molar-refractivity contribution is 6.34. The van der Waals surface area contributed by atoms with Gasteiger partial charge in [0.05, 0.1) is 5.57 Å². The van der Waals surface area contributed by atoms with Gasteiger partial charge in [-0.1, -0.05) is 29.8 Å². The minimum atomic E-state index is -1.34. The Labute approximate surface area is 79.3 Å². The van der Waals surface area contributed by atoms with Crippen LogP contribution in [0.4, 0.5) is 4.39 Å². The lowest BCUT2D eigenvalue weighted by atomic mass is 10.1. The van der Waals surface area contributed by atoms with E-state index in [2.05, 4.69) is 0 Å². The lowest BCUT2D eigenvalue weighted by Crippen LogP contribution is -1.99. The van der Waals surface area contributed by atoms with Gasteiger partial charge in [-0.3, -0.25) is 0 Å². The van der Waals surface area contributed by atoms with Gasteiger partial charge in [0.25, 0.3) is 0 Å². The fraction of sp³-hybridized carbons (Fsp3) is 0. The van der Waals surface area contributed by atoms with Crippen LogP contribution in [0.25, 0.3) is 5.57 Å². The van der Waals surface area contributed by atoms with Crippen LogP contribution in [0.2, 0.25) is 5.02 Å². The summed E-state index contributed by atoms with van der Waals surface area (Å²) in [5, 5.41) is 8.80. The van der Waals surface area contributed by atoms with Gasteiger partial charge in [-0.15, -0.1) is 0 Å². The normalized spacial score (nSPS) is 11.4. The highest BCUT2D eigenvalue weighted by Crippen LogP contribution is 2.23. The van der Waals surface area contributed by atoms with Crippen LogP contribution in [0.15, 0.2) is 30.6 Å². The fourth-order valence-corrected chi connectivity index (χ4v) is 1.14. The van der Waals surface area contributed by atoms with Crippen LogP contribution in [0.5, 0.6) is 0 Å². The molecule has 0 aromatic heterocycles. The van der Waals surface area contributed by atoms with Crippen LogP contribution in [0.1, 0.15) is 5.56 Å². The SMILES string of the molecule is O=C(O)C(=CF)c1ccccc1Cl. The molecule has 4 heteroatoms. The lowest BCUT2D eigenvalue weighted by molar-refractivity contribution is -0.130. The van der Waals surface area contributed by atoms with Gasteiger partial charge < -0.3 is 5.11 Å². The van der Waals surface area contributed by atoms with Crippen LogP contribution in [-0.2, 0) is 4.79 Å². The monoisotopic (exact) mass is 200 g/mol. The number of halogens is 2. The standard InChI is InChI=1S/C9H6ClFO2/c10-8-4-2-1-3-6(8)7(5-11)9(12)13/h1-5H,(H,12,13). The van der Waals surface area contributed by atoms with Crippen LogP contribution < -0.4 is 0 Å². The first kappa shape index (κ1) is 9.74. The summed E-state index contributed by atoms with van der Waals surface area (Å²) >= 11 is 5.67. The molecule has 1 aromatic carbocycles. The molecule has 0 radical (unpaired) electrons. The van der Waals surface area contributed by atoms with Crippen molar-refractivity contribution in [3.63, 3.8) is 0 Å². The van der Waals surface area contributed by atoms with Gasteiger partial charge in [0.1, 0.15) is 6.33 Å². The summed E-state index contributed by atoms with van der Waals surface area (Å²) in [6, 6.07) is 6.18. The molecular formula is C9H6ClFO2. The van der Waals surface area contributed by atoms with E-state index < -0.39 is 11.5 Å². The summed E-state index contributed by atoms with van der Waals surface area (Å²) in [6.45, 7) is 0. The van der Waals surface area contributed by atoms with Crippen molar-refractivity contribution in [3.05, 3.63) is 41.2 Å². The van der Waals surface area contributed by atoms with Crippen LogP contribution in [0, 0.1) is 0 Å². The van der Waals surface area contributed by atoms with E-state index in [4.69, 9.17) is 16.7 Å². The molecule has 2 nitrogen and oxygen atoms in total. The van der Waals surface area contributed by atoms with E-state index in [0.29, 0.717) is 0 Å². The predicted octanol–water partition coefficient (Wildman–Crippen LogP) is 2.74. The third kappa shape index (κ3) is 2.06. The summed E-state index contributed by atoms with van der Waals surface area (Å²) in [5.41, 5.74) is -0.259. The zero-order valence-corrected chi connectivity index (χ0v) is 7.25. The minimum Gasteiger partial charge on any atom is -0.478 e. The molecule has 0 heterocycles. The highest BCUT2D eigenvalue weighted by Gasteiger charge is 2.12. The van der Waals surface area contributed by atoms with Gasteiger partial charge in [0.2, 0.25) is 0 Å². The van der Waals surface area contributed by atoms with Crippen molar-refractivity contribution in [2.45, 2.75) is 0 Å². The molecule has 0 aliphatic rings. The Morgan fingerprint density at radius 2 is 2.08 bits per heavy atom. The van der Waals surface area contributed by atoms with Crippen molar-refractivity contribution in [1.82, 2.24) is 0 Å². The molecule has 0 aliphatic heterocycles. The summed E-state index contributed by atoms with van der Waals surface area (Å²) in [7, 11) is 0. The number of carboxylic acids is 1. The first-order valence-electron chi connectivity index (χ1n) is 3.45. The van der Waals surface area contributed by atoms with Gasteiger partial charge in [-0.25, -0.2) is 9.18 Å². The maximum absolute atomic E-state index is 12.2. The number of aliphatic carboxylic acids is 1. The molecule has 0 unspecified atom stereocenters. The first-order chi connectivity index (χ1) is 6.16. The Balaban J connectivity index is 3.21. The molecule has 0 aliphatic carbocycles. The number of benzene rings is 1.